The van der Waals surface area contributed by atoms with E-state index in [0.717, 1.165) is 17.8 Å². The summed E-state index contributed by atoms with van der Waals surface area (Å²) in [4.78, 5) is 0. The van der Waals surface area contributed by atoms with E-state index in [1.807, 2.05) is 0 Å². The molecule has 0 heterocycles. The van der Waals surface area contributed by atoms with Gasteiger partial charge in [0, 0.05) is 0 Å². The van der Waals surface area contributed by atoms with E-state index in [1.54, 1.807) is 0 Å². The van der Waals surface area contributed by atoms with Gasteiger partial charge in [-0.05, 0) is 37.5 Å². The van der Waals surface area contributed by atoms with Crippen molar-refractivity contribution in [3.05, 3.63) is 12.2 Å². The first-order valence-electron chi connectivity index (χ1n) is 7.94. The molecule has 0 nitrogen and oxygen atoms in total. The molecule has 0 N–H and O–H groups in total. The summed E-state index contributed by atoms with van der Waals surface area (Å²) in [7, 11) is 0. The monoisotopic (exact) mass is 236 g/mol. The summed E-state index contributed by atoms with van der Waals surface area (Å²) in [5, 5.41) is 0. The van der Waals surface area contributed by atoms with Crippen LogP contribution in [0.2, 0.25) is 0 Å². The SMILES string of the molecule is CC=CC1CC(CCCCC)CCCC1CC. The predicted octanol–water partition coefficient (Wildman–Crippen LogP) is 5.98. The largest absolute Gasteiger partial charge is 0.0914 e. The van der Waals surface area contributed by atoms with Gasteiger partial charge in [-0.1, -0.05) is 70.9 Å². The Bertz CT molecular complexity index is 204. The Balaban J connectivity index is 2.47. The molecule has 0 aromatic rings. The zero-order valence-electron chi connectivity index (χ0n) is 12.3. The van der Waals surface area contributed by atoms with Gasteiger partial charge in [-0.3, -0.25) is 0 Å². The van der Waals surface area contributed by atoms with Crippen LogP contribution in [0.3, 0.4) is 0 Å². The van der Waals surface area contributed by atoms with Crippen molar-refractivity contribution in [3.8, 4) is 0 Å². The number of unbranched alkanes of at least 4 members (excludes halogenated alkanes) is 2. The number of hydrogen-bond donors (Lipinski definition) is 0. The summed E-state index contributed by atoms with van der Waals surface area (Å²) in [5.41, 5.74) is 0. The number of hydrogen-bond acceptors (Lipinski definition) is 0. The highest BCUT2D eigenvalue weighted by Crippen LogP contribution is 2.36. The molecule has 0 amide bonds. The fraction of sp³-hybridized carbons (Fsp3) is 0.882. The quantitative estimate of drug-likeness (QED) is 0.302. The van der Waals surface area contributed by atoms with E-state index in [1.165, 1.54) is 57.8 Å². The Morgan fingerprint density at radius 1 is 1.12 bits per heavy atom. The minimum Gasteiger partial charge on any atom is -0.0914 e. The zero-order chi connectivity index (χ0) is 12.5. The molecule has 0 aromatic carbocycles. The molecule has 0 saturated heterocycles. The lowest BCUT2D eigenvalue weighted by atomic mass is 9.82. The van der Waals surface area contributed by atoms with Crippen LogP contribution in [0.25, 0.3) is 0 Å². The molecule has 0 bridgehead atoms. The maximum Gasteiger partial charge on any atom is -0.0203 e. The minimum absolute atomic E-state index is 0.874. The van der Waals surface area contributed by atoms with E-state index in [-0.39, 0.29) is 0 Å². The van der Waals surface area contributed by atoms with Gasteiger partial charge in [-0.15, -0.1) is 0 Å². The van der Waals surface area contributed by atoms with Gasteiger partial charge in [0.05, 0.1) is 0 Å². The second-order valence-electron chi connectivity index (χ2n) is 5.89. The normalized spacial score (nSPS) is 30.6. The molecule has 0 spiro atoms. The lowest BCUT2D eigenvalue weighted by Gasteiger charge is -2.23. The smallest absolute Gasteiger partial charge is 0.0203 e. The van der Waals surface area contributed by atoms with Crippen LogP contribution in [-0.2, 0) is 0 Å². The first kappa shape index (κ1) is 14.8. The van der Waals surface area contributed by atoms with E-state index in [9.17, 15) is 0 Å². The van der Waals surface area contributed by atoms with Crippen LogP contribution in [0.1, 0.15) is 78.6 Å². The maximum absolute atomic E-state index is 2.49. The third-order valence-corrected chi connectivity index (χ3v) is 4.58. The molecule has 17 heavy (non-hydrogen) atoms. The Morgan fingerprint density at radius 2 is 1.94 bits per heavy atom. The highest BCUT2D eigenvalue weighted by Gasteiger charge is 2.24. The molecule has 100 valence electrons. The molecule has 3 unspecified atom stereocenters. The van der Waals surface area contributed by atoms with Crippen LogP contribution in [0, 0.1) is 17.8 Å². The summed E-state index contributed by atoms with van der Waals surface area (Å²) in [6.45, 7) is 6.87. The molecular weight excluding hydrogens is 204 g/mol. The number of rotatable bonds is 6. The Kier molecular flexibility index (Phi) is 7.64. The third-order valence-electron chi connectivity index (χ3n) is 4.58. The molecule has 3 atom stereocenters. The van der Waals surface area contributed by atoms with Crippen LogP contribution in [-0.4, -0.2) is 0 Å². The lowest BCUT2D eigenvalue weighted by Crippen LogP contribution is -2.12. The molecule has 0 aromatic heterocycles. The van der Waals surface area contributed by atoms with Gasteiger partial charge in [0.1, 0.15) is 0 Å². The third kappa shape index (κ3) is 5.27. The van der Waals surface area contributed by atoms with Crippen LogP contribution >= 0.6 is 0 Å². The molecule has 1 rings (SSSR count). The van der Waals surface area contributed by atoms with Crippen LogP contribution in [0.5, 0.6) is 0 Å². The summed E-state index contributed by atoms with van der Waals surface area (Å²) in [5.74, 6) is 2.85. The molecule has 1 fully saturated rings. The summed E-state index contributed by atoms with van der Waals surface area (Å²) >= 11 is 0. The van der Waals surface area contributed by atoms with E-state index in [4.69, 9.17) is 0 Å². The van der Waals surface area contributed by atoms with E-state index < -0.39 is 0 Å². The Morgan fingerprint density at radius 3 is 2.59 bits per heavy atom. The van der Waals surface area contributed by atoms with E-state index >= 15 is 0 Å². The summed E-state index contributed by atoms with van der Waals surface area (Å²) < 4.78 is 0. The average molecular weight is 236 g/mol. The highest BCUT2D eigenvalue weighted by molar-refractivity contribution is 4.92. The minimum atomic E-state index is 0.874. The van der Waals surface area contributed by atoms with Crippen LogP contribution < -0.4 is 0 Å². The molecular formula is C17H32. The van der Waals surface area contributed by atoms with Crippen LogP contribution in [0.15, 0.2) is 12.2 Å². The molecule has 1 saturated carbocycles. The standard InChI is InChI=1S/C17H32/c1-4-7-8-11-15-12-9-13-16(6-3)17(14-15)10-5-2/h5,10,15-17H,4,6-9,11-14H2,1-3H3. The maximum atomic E-state index is 2.49. The average Bonchev–Trinajstić information content (AvgIpc) is 2.52. The molecule has 1 aliphatic carbocycles. The lowest BCUT2D eigenvalue weighted by molar-refractivity contribution is 0.323. The van der Waals surface area contributed by atoms with Gasteiger partial charge >= 0.3 is 0 Å². The van der Waals surface area contributed by atoms with Gasteiger partial charge in [0.2, 0.25) is 0 Å². The van der Waals surface area contributed by atoms with Crippen molar-refractivity contribution in [1.82, 2.24) is 0 Å². The topological polar surface area (TPSA) is 0 Å². The van der Waals surface area contributed by atoms with Crippen molar-refractivity contribution >= 4 is 0 Å². The van der Waals surface area contributed by atoms with Crippen molar-refractivity contribution in [1.29, 1.82) is 0 Å². The van der Waals surface area contributed by atoms with E-state index in [2.05, 4.69) is 32.9 Å². The highest BCUT2D eigenvalue weighted by atomic mass is 14.3. The van der Waals surface area contributed by atoms with Crippen molar-refractivity contribution in [2.24, 2.45) is 17.8 Å². The molecule has 1 aliphatic rings. The zero-order valence-corrected chi connectivity index (χ0v) is 12.3. The van der Waals surface area contributed by atoms with Gasteiger partial charge in [-0.2, -0.15) is 0 Å². The Labute approximate surface area is 109 Å². The van der Waals surface area contributed by atoms with Crippen LogP contribution in [0.4, 0.5) is 0 Å². The van der Waals surface area contributed by atoms with E-state index in [0.29, 0.717) is 0 Å². The van der Waals surface area contributed by atoms with Gasteiger partial charge < -0.3 is 0 Å². The second kappa shape index (κ2) is 8.78. The first-order valence-corrected chi connectivity index (χ1v) is 7.94. The van der Waals surface area contributed by atoms with Gasteiger partial charge in [-0.25, -0.2) is 0 Å². The fourth-order valence-corrected chi connectivity index (χ4v) is 3.51. The van der Waals surface area contributed by atoms with Crippen molar-refractivity contribution < 1.29 is 0 Å². The fourth-order valence-electron chi connectivity index (χ4n) is 3.51. The van der Waals surface area contributed by atoms with Gasteiger partial charge in [0.25, 0.3) is 0 Å². The summed E-state index contributed by atoms with van der Waals surface area (Å²) in [6, 6.07) is 0. The second-order valence-corrected chi connectivity index (χ2v) is 5.89. The van der Waals surface area contributed by atoms with Crippen molar-refractivity contribution in [2.75, 3.05) is 0 Å². The first-order chi connectivity index (χ1) is 8.31. The Hall–Kier alpha value is -0.260. The number of allylic oxidation sites excluding steroid dienone is 2. The van der Waals surface area contributed by atoms with Gasteiger partial charge in [0.15, 0.2) is 0 Å². The molecule has 0 aliphatic heterocycles. The van der Waals surface area contributed by atoms with Crippen molar-refractivity contribution in [3.63, 3.8) is 0 Å². The van der Waals surface area contributed by atoms with Crippen molar-refractivity contribution in [2.45, 2.75) is 78.6 Å². The predicted molar refractivity (Wildman–Crippen MR) is 78.2 cm³/mol. The molecule has 0 heteroatoms. The molecule has 0 radical (unpaired) electrons. The summed E-state index contributed by atoms with van der Waals surface area (Å²) in [6.07, 6.45) is 17.8.